The number of alkyl halides is 3. The van der Waals surface area contributed by atoms with Crippen molar-refractivity contribution in [3.05, 3.63) is 11.9 Å². The number of halogens is 3. The second-order valence-electron chi connectivity index (χ2n) is 3.35. The van der Waals surface area contributed by atoms with Crippen LogP contribution in [0, 0.1) is 5.92 Å². The average Bonchev–Trinajstić information content (AvgIpc) is 2.30. The average molecular weight is 208 g/mol. The van der Waals surface area contributed by atoms with Gasteiger partial charge in [0.2, 0.25) is 0 Å². The number of carbonyl (C=O) groups excluding carboxylic acids is 1. The molecule has 0 aromatic heterocycles. The molecule has 0 aromatic carbocycles. The molecule has 1 heterocycles. The Balaban J connectivity index is 2.80. The van der Waals surface area contributed by atoms with E-state index in [-0.39, 0.29) is 12.2 Å². The van der Waals surface area contributed by atoms with Crippen LogP contribution in [0.4, 0.5) is 13.2 Å². The van der Waals surface area contributed by atoms with Gasteiger partial charge in [0, 0.05) is 26.8 Å². The fraction of sp³-hybridized carbons (Fsp3) is 0.625. The molecule has 6 heteroatoms. The van der Waals surface area contributed by atoms with E-state index in [0.29, 0.717) is 0 Å². The Kier molecular flexibility index (Phi) is 2.73. The summed E-state index contributed by atoms with van der Waals surface area (Å²) in [5.74, 6) is -2.78. The molecule has 0 spiro atoms. The summed E-state index contributed by atoms with van der Waals surface area (Å²) < 4.78 is 36.7. The van der Waals surface area contributed by atoms with Gasteiger partial charge in [0.05, 0.1) is 5.70 Å². The predicted molar refractivity (Wildman–Crippen MR) is 44.3 cm³/mol. The minimum atomic E-state index is -4.45. The maximum atomic E-state index is 12.2. The molecule has 1 fully saturated rings. The van der Waals surface area contributed by atoms with Gasteiger partial charge in [-0.05, 0) is 0 Å². The highest BCUT2D eigenvalue weighted by Crippen LogP contribution is 2.31. The fourth-order valence-electron chi connectivity index (χ4n) is 1.21. The Bertz CT molecular complexity index is 270. The minimum absolute atomic E-state index is 0.0253. The molecule has 14 heavy (non-hydrogen) atoms. The van der Waals surface area contributed by atoms with Crippen molar-refractivity contribution >= 4 is 5.78 Å². The van der Waals surface area contributed by atoms with E-state index < -0.39 is 17.9 Å². The van der Waals surface area contributed by atoms with Crippen LogP contribution < -0.4 is 5.32 Å². The zero-order valence-corrected chi connectivity index (χ0v) is 7.85. The molecule has 1 aliphatic rings. The third-order valence-electron chi connectivity index (χ3n) is 1.86. The first-order valence-corrected chi connectivity index (χ1v) is 4.05. The van der Waals surface area contributed by atoms with Gasteiger partial charge < -0.3 is 10.2 Å². The molecule has 1 aliphatic heterocycles. The maximum Gasteiger partial charge on any atom is 0.400 e. The van der Waals surface area contributed by atoms with Crippen LogP contribution in [0.15, 0.2) is 11.9 Å². The molecular formula is C8H11F3N2O. The van der Waals surface area contributed by atoms with E-state index in [1.807, 2.05) is 0 Å². The number of ketones is 1. The Labute approximate surface area is 79.6 Å². The highest BCUT2D eigenvalue weighted by atomic mass is 19.4. The number of nitrogens with one attached hydrogen (secondary N) is 1. The molecule has 0 bridgehead atoms. The molecule has 1 unspecified atom stereocenters. The smallest absolute Gasteiger partial charge is 0.382 e. The van der Waals surface area contributed by atoms with Crippen LogP contribution >= 0.6 is 0 Å². The molecule has 0 aliphatic carbocycles. The van der Waals surface area contributed by atoms with E-state index in [0.717, 1.165) is 0 Å². The first kappa shape index (κ1) is 10.9. The molecule has 1 atom stereocenters. The number of allylic oxidation sites excluding steroid dienone is 1. The van der Waals surface area contributed by atoms with Gasteiger partial charge in [-0.15, -0.1) is 0 Å². The number of carbonyl (C=O) groups is 1. The van der Waals surface area contributed by atoms with Gasteiger partial charge >= 0.3 is 6.18 Å². The normalized spacial score (nSPS) is 25.4. The molecular weight excluding hydrogens is 197 g/mol. The van der Waals surface area contributed by atoms with Crippen molar-refractivity contribution in [1.29, 1.82) is 0 Å². The highest BCUT2D eigenvalue weighted by molar-refractivity contribution is 5.99. The Morgan fingerprint density at radius 3 is 2.43 bits per heavy atom. The number of rotatable bonds is 1. The molecule has 1 N–H and O–H groups in total. The molecule has 0 saturated carbocycles. The second-order valence-corrected chi connectivity index (χ2v) is 3.35. The summed E-state index contributed by atoms with van der Waals surface area (Å²) in [6.45, 7) is -0.359. The van der Waals surface area contributed by atoms with Gasteiger partial charge in [0.25, 0.3) is 0 Å². The summed E-state index contributed by atoms with van der Waals surface area (Å²) in [7, 11) is 3.28. The lowest BCUT2D eigenvalue weighted by Gasteiger charge is -2.10. The summed E-state index contributed by atoms with van der Waals surface area (Å²) in [6, 6.07) is 0. The lowest BCUT2D eigenvalue weighted by Crippen LogP contribution is -2.29. The zero-order valence-electron chi connectivity index (χ0n) is 7.85. The van der Waals surface area contributed by atoms with Crippen molar-refractivity contribution in [2.45, 2.75) is 6.18 Å². The first-order valence-electron chi connectivity index (χ1n) is 4.05. The van der Waals surface area contributed by atoms with Gasteiger partial charge in [-0.3, -0.25) is 4.79 Å². The summed E-state index contributed by atoms with van der Waals surface area (Å²) in [6.07, 6.45) is -3.10. The van der Waals surface area contributed by atoms with E-state index in [9.17, 15) is 18.0 Å². The molecule has 1 saturated heterocycles. The monoisotopic (exact) mass is 208 g/mol. The quantitative estimate of drug-likeness (QED) is 0.645. The third kappa shape index (κ3) is 2.18. The summed E-state index contributed by atoms with van der Waals surface area (Å²) in [5, 5.41) is 2.44. The summed E-state index contributed by atoms with van der Waals surface area (Å²) in [5.41, 5.74) is 0.0253. The standard InChI is InChI=1S/C8H11F3N2O/c1-13(2)4-6-7(14)5(3-12-6)8(9,10)11/h4-5,12H,3H2,1-2H3/b6-4+. The SMILES string of the molecule is CN(C)/C=C1/NCC(C(F)(F)F)C1=O. The minimum Gasteiger partial charge on any atom is -0.382 e. The van der Waals surface area contributed by atoms with Crippen LogP contribution in [0.1, 0.15) is 0 Å². The van der Waals surface area contributed by atoms with Gasteiger partial charge in [0.15, 0.2) is 5.78 Å². The zero-order chi connectivity index (χ0) is 10.9. The van der Waals surface area contributed by atoms with Gasteiger partial charge in [-0.25, -0.2) is 0 Å². The number of hydrogen-bond acceptors (Lipinski definition) is 3. The van der Waals surface area contributed by atoms with Crippen LogP contribution in [0.2, 0.25) is 0 Å². The maximum absolute atomic E-state index is 12.2. The number of Topliss-reactive ketones (excluding diaryl/α,β-unsaturated/α-hetero) is 1. The van der Waals surface area contributed by atoms with Crippen molar-refractivity contribution in [2.24, 2.45) is 5.92 Å². The van der Waals surface area contributed by atoms with Crippen molar-refractivity contribution in [1.82, 2.24) is 10.2 Å². The van der Waals surface area contributed by atoms with Crippen LogP contribution in [-0.4, -0.2) is 37.5 Å². The van der Waals surface area contributed by atoms with Crippen LogP contribution in [-0.2, 0) is 4.79 Å². The van der Waals surface area contributed by atoms with Crippen molar-refractivity contribution in [3.63, 3.8) is 0 Å². The Morgan fingerprint density at radius 1 is 1.50 bits per heavy atom. The third-order valence-corrected chi connectivity index (χ3v) is 1.86. The summed E-state index contributed by atoms with van der Waals surface area (Å²) >= 11 is 0. The van der Waals surface area contributed by atoms with Crippen molar-refractivity contribution < 1.29 is 18.0 Å². The molecule has 0 amide bonds. The molecule has 0 aromatic rings. The largest absolute Gasteiger partial charge is 0.400 e. The lowest BCUT2D eigenvalue weighted by molar-refractivity contribution is -0.174. The Morgan fingerprint density at radius 2 is 2.07 bits per heavy atom. The van der Waals surface area contributed by atoms with Crippen LogP contribution in [0.5, 0.6) is 0 Å². The second kappa shape index (κ2) is 3.51. The van der Waals surface area contributed by atoms with E-state index in [2.05, 4.69) is 5.32 Å². The van der Waals surface area contributed by atoms with E-state index in [4.69, 9.17) is 0 Å². The number of nitrogens with zero attached hydrogens (tertiary/aromatic N) is 1. The lowest BCUT2D eigenvalue weighted by atomic mass is 10.1. The van der Waals surface area contributed by atoms with Crippen molar-refractivity contribution in [2.75, 3.05) is 20.6 Å². The summed E-state index contributed by atoms with van der Waals surface area (Å²) in [4.78, 5) is 12.7. The predicted octanol–water partition coefficient (Wildman–Crippen LogP) is 0.740. The Hall–Kier alpha value is -1.20. The van der Waals surface area contributed by atoms with Crippen LogP contribution in [0.25, 0.3) is 0 Å². The number of hydrogen-bond donors (Lipinski definition) is 1. The topological polar surface area (TPSA) is 32.3 Å². The molecule has 0 radical (unpaired) electrons. The fourth-order valence-corrected chi connectivity index (χ4v) is 1.21. The van der Waals surface area contributed by atoms with Gasteiger partial charge in [-0.1, -0.05) is 0 Å². The van der Waals surface area contributed by atoms with Gasteiger partial charge in [-0.2, -0.15) is 13.2 Å². The molecule has 3 nitrogen and oxygen atoms in total. The molecule has 1 rings (SSSR count). The van der Waals surface area contributed by atoms with E-state index >= 15 is 0 Å². The first-order chi connectivity index (χ1) is 6.32. The van der Waals surface area contributed by atoms with Crippen molar-refractivity contribution in [3.8, 4) is 0 Å². The van der Waals surface area contributed by atoms with Crippen LogP contribution in [0.3, 0.4) is 0 Å². The van der Waals surface area contributed by atoms with E-state index in [1.54, 1.807) is 14.1 Å². The molecule has 80 valence electrons. The van der Waals surface area contributed by atoms with Gasteiger partial charge in [0.1, 0.15) is 5.92 Å². The highest BCUT2D eigenvalue weighted by Gasteiger charge is 2.48. The van der Waals surface area contributed by atoms with E-state index in [1.165, 1.54) is 11.1 Å².